The van der Waals surface area contributed by atoms with Gasteiger partial charge in [-0.3, -0.25) is 5.43 Å². The third kappa shape index (κ3) is 4.05. The lowest BCUT2D eigenvalue weighted by Crippen LogP contribution is -2.03. The number of benzene rings is 3. The van der Waals surface area contributed by atoms with Gasteiger partial charge in [-0.1, -0.05) is 18.2 Å². The zero-order valence-corrected chi connectivity index (χ0v) is 16.3. The molecule has 0 fully saturated rings. The summed E-state index contributed by atoms with van der Waals surface area (Å²) in [7, 11) is 0. The highest BCUT2D eigenvalue weighted by atomic mass is 19.4. The van der Waals surface area contributed by atoms with Crippen LogP contribution in [0.5, 0.6) is 0 Å². The molecule has 0 bridgehead atoms. The molecule has 152 valence electrons. The molecule has 0 unspecified atom stereocenters. The van der Waals surface area contributed by atoms with Crippen LogP contribution in [0.1, 0.15) is 22.3 Å². The van der Waals surface area contributed by atoms with E-state index in [9.17, 15) is 13.2 Å². The molecule has 0 aliphatic heterocycles. The molecule has 0 saturated carbocycles. The molecular formula is C23H18F3N3O. The van der Waals surface area contributed by atoms with Gasteiger partial charge in [0.1, 0.15) is 5.52 Å². The van der Waals surface area contributed by atoms with E-state index in [1.807, 2.05) is 44.2 Å². The lowest BCUT2D eigenvalue weighted by atomic mass is 10.1. The number of nitrogens with zero attached hydrogens (tertiary/aromatic N) is 2. The van der Waals surface area contributed by atoms with Gasteiger partial charge in [0.05, 0.1) is 17.5 Å². The second-order valence-electron chi connectivity index (χ2n) is 6.96. The minimum atomic E-state index is -4.38. The van der Waals surface area contributed by atoms with Crippen LogP contribution in [0.4, 0.5) is 18.9 Å². The Morgan fingerprint density at radius 3 is 2.33 bits per heavy atom. The third-order valence-corrected chi connectivity index (χ3v) is 4.74. The van der Waals surface area contributed by atoms with Crippen molar-refractivity contribution in [2.45, 2.75) is 20.0 Å². The van der Waals surface area contributed by atoms with E-state index < -0.39 is 11.7 Å². The van der Waals surface area contributed by atoms with Gasteiger partial charge in [0.2, 0.25) is 5.89 Å². The highest BCUT2D eigenvalue weighted by Gasteiger charge is 2.30. The lowest BCUT2D eigenvalue weighted by Gasteiger charge is -2.07. The second-order valence-corrected chi connectivity index (χ2v) is 6.96. The summed E-state index contributed by atoms with van der Waals surface area (Å²) in [6.07, 6.45) is -2.70. The van der Waals surface area contributed by atoms with Crippen molar-refractivity contribution in [3.05, 3.63) is 82.9 Å². The predicted molar refractivity (Wildman–Crippen MR) is 112 cm³/mol. The molecule has 4 rings (SSSR count). The third-order valence-electron chi connectivity index (χ3n) is 4.74. The van der Waals surface area contributed by atoms with E-state index in [1.165, 1.54) is 12.1 Å². The fourth-order valence-corrected chi connectivity index (χ4v) is 3.11. The number of rotatable bonds is 4. The zero-order chi connectivity index (χ0) is 21.3. The molecule has 1 aromatic heterocycles. The average molecular weight is 409 g/mol. The first-order valence-corrected chi connectivity index (χ1v) is 9.25. The molecule has 7 heteroatoms. The summed E-state index contributed by atoms with van der Waals surface area (Å²) in [5.74, 6) is 0.265. The van der Waals surface area contributed by atoms with Crippen LogP contribution in [0.25, 0.3) is 22.6 Å². The maximum Gasteiger partial charge on any atom is 0.416 e. The standard InChI is InChI=1S/C23H18F3N3O/c1-14-4-3-5-15(2)21(14)29-27-13-16-6-11-20-19(12-16)28-22(30-20)17-7-9-18(10-8-17)23(24,25)26/h3-13,29H,1-2H3/b27-13+. The summed E-state index contributed by atoms with van der Waals surface area (Å²) < 4.78 is 43.9. The Bertz CT molecular complexity index is 1200. The van der Waals surface area contributed by atoms with E-state index in [1.54, 1.807) is 12.3 Å². The van der Waals surface area contributed by atoms with Gasteiger partial charge in [-0.25, -0.2) is 4.98 Å². The van der Waals surface area contributed by atoms with Crippen LogP contribution < -0.4 is 5.43 Å². The summed E-state index contributed by atoms with van der Waals surface area (Å²) in [6, 6.07) is 16.1. The van der Waals surface area contributed by atoms with Crippen molar-refractivity contribution in [2.24, 2.45) is 5.10 Å². The minimum absolute atomic E-state index is 0.265. The average Bonchev–Trinajstić information content (AvgIpc) is 3.13. The summed E-state index contributed by atoms with van der Waals surface area (Å²) in [5.41, 5.74) is 7.94. The maximum absolute atomic E-state index is 12.7. The quantitative estimate of drug-likeness (QED) is 0.306. The fourth-order valence-electron chi connectivity index (χ4n) is 3.11. The van der Waals surface area contributed by atoms with E-state index in [2.05, 4.69) is 15.5 Å². The van der Waals surface area contributed by atoms with Crippen LogP contribution in [0, 0.1) is 13.8 Å². The first-order valence-electron chi connectivity index (χ1n) is 9.25. The van der Waals surface area contributed by atoms with E-state index in [4.69, 9.17) is 4.42 Å². The molecule has 0 spiro atoms. The van der Waals surface area contributed by atoms with Gasteiger partial charge in [0, 0.05) is 5.56 Å². The Morgan fingerprint density at radius 2 is 1.67 bits per heavy atom. The van der Waals surface area contributed by atoms with Gasteiger partial charge in [0.15, 0.2) is 5.58 Å². The molecule has 0 saturated heterocycles. The number of aromatic nitrogens is 1. The number of oxazole rings is 1. The monoisotopic (exact) mass is 409 g/mol. The molecule has 0 aliphatic rings. The van der Waals surface area contributed by atoms with Crippen molar-refractivity contribution < 1.29 is 17.6 Å². The van der Waals surface area contributed by atoms with Crippen LogP contribution >= 0.6 is 0 Å². The van der Waals surface area contributed by atoms with Gasteiger partial charge in [-0.2, -0.15) is 18.3 Å². The van der Waals surface area contributed by atoms with Crippen molar-refractivity contribution in [2.75, 3.05) is 5.43 Å². The van der Waals surface area contributed by atoms with Crippen LogP contribution in [-0.2, 0) is 6.18 Å². The zero-order valence-electron chi connectivity index (χ0n) is 16.3. The highest BCUT2D eigenvalue weighted by molar-refractivity contribution is 5.87. The first-order chi connectivity index (χ1) is 14.3. The summed E-state index contributed by atoms with van der Waals surface area (Å²) in [4.78, 5) is 4.40. The van der Waals surface area contributed by atoms with Crippen LogP contribution in [-0.4, -0.2) is 11.2 Å². The molecule has 0 aliphatic carbocycles. The number of para-hydroxylation sites is 1. The summed E-state index contributed by atoms with van der Waals surface area (Å²) in [5, 5.41) is 4.30. The van der Waals surface area contributed by atoms with Gasteiger partial charge in [-0.15, -0.1) is 0 Å². The van der Waals surface area contributed by atoms with E-state index in [0.29, 0.717) is 16.7 Å². The molecule has 0 atom stereocenters. The molecule has 1 heterocycles. The molecule has 0 radical (unpaired) electrons. The smallest absolute Gasteiger partial charge is 0.416 e. The number of hydrogen-bond donors (Lipinski definition) is 1. The lowest BCUT2D eigenvalue weighted by molar-refractivity contribution is -0.137. The Kier molecular flexibility index (Phi) is 5.03. The Hall–Kier alpha value is -3.61. The Balaban J connectivity index is 1.55. The van der Waals surface area contributed by atoms with Crippen molar-refractivity contribution >= 4 is 23.0 Å². The molecule has 3 aromatic carbocycles. The number of nitrogens with one attached hydrogen (secondary N) is 1. The van der Waals surface area contributed by atoms with Crippen molar-refractivity contribution in [3.63, 3.8) is 0 Å². The van der Waals surface area contributed by atoms with Gasteiger partial charge < -0.3 is 4.42 Å². The number of alkyl halides is 3. The van der Waals surface area contributed by atoms with Crippen LogP contribution in [0.2, 0.25) is 0 Å². The van der Waals surface area contributed by atoms with Gasteiger partial charge in [-0.05, 0) is 73.0 Å². The maximum atomic E-state index is 12.7. The molecule has 4 nitrogen and oxygen atoms in total. The normalized spacial score (nSPS) is 12.0. The van der Waals surface area contributed by atoms with Crippen LogP contribution in [0.3, 0.4) is 0 Å². The largest absolute Gasteiger partial charge is 0.436 e. The minimum Gasteiger partial charge on any atom is -0.436 e. The highest BCUT2D eigenvalue weighted by Crippen LogP contribution is 2.31. The molecule has 30 heavy (non-hydrogen) atoms. The topological polar surface area (TPSA) is 50.4 Å². The van der Waals surface area contributed by atoms with Crippen molar-refractivity contribution in [1.82, 2.24) is 4.98 Å². The van der Waals surface area contributed by atoms with Crippen molar-refractivity contribution in [3.8, 4) is 11.5 Å². The summed E-state index contributed by atoms with van der Waals surface area (Å²) >= 11 is 0. The summed E-state index contributed by atoms with van der Waals surface area (Å²) in [6.45, 7) is 4.02. The molecular weight excluding hydrogens is 391 g/mol. The SMILES string of the molecule is Cc1cccc(C)c1N/N=C/c1ccc2oc(-c3ccc(C(F)(F)F)cc3)nc2c1. The first kappa shape index (κ1) is 19.7. The number of fused-ring (bicyclic) bond motifs is 1. The number of halogens is 3. The second kappa shape index (κ2) is 7.67. The van der Waals surface area contributed by atoms with E-state index in [0.717, 1.165) is 34.5 Å². The Labute approximate surface area is 171 Å². The molecule has 4 aromatic rings. The van der Waals surface area contributed by atoms with Gasteiger partial charge >= 0.3 is 6.18 Å². The number of hydrazone groups is 1. The number of anilines is 1. The Morgan fingerprint density at radius 1 is 0.967 bits per heavy atom. The molecule has 0 amide bonds. The van der Waals surface area contributed by atoms with Crippen LogP contribution in [0.15, 0.2) is 70.2 Å². The number of hydrogen-bond acceptors (Lipinski definition) is 4. The predicted octanol–water partition coefficient (Wildman–Crippen LogP) is 6.58. The van der Waals surface area contributed by atoms with E-state index in [-0.39, 0.29) is 5.89 Å². The van der Waals surface area contributed by atoms with Crippen molar-refractivity contribution in [1.29, 1.82) is 0 Å². The molecule has 1 N–H and O–H groups in total. The van der Waals surface area contributed by atoms with E-state index >= 15 is 0 Å². The fraction of sp³-hybridized carbons (Fsp3) is 0.130. The number of aryl methyl sites for hydroxylation is 2. The van der Waals surface area contributed by atoms with Gasteiger partial charge in [0.25, 0.3) is 0 Å².